The van der Waals surface area contributed by atoms with Gasteiger partial charge in [0.1, 0.15) is 11.4 Å². The molecule has 0 atom stereocenters. The molecule has 0 aliphatic carbocycles. The fraction of sp³-hybridized carbons (Fsp3) is 0.367. The molecule has 2 aromatic heterocycles. The van der Waals surface area contributed by atoms with Crippen LogP contribution in [-0.4, -0.2) is 46.9 Å². The first-order chi connectivity index (χ1) is 18.5. The predicted octanol–water partition coefficient (Wildman–Crippen LogP) is 6.42. The van der Waals surface area contributed by atoms with Crippen LogP contribution in [0.3, 0.4) is 0 Å². The molecule has 0 saturated heterocycles. The van der Waals surface area contributed by atoms with Crippen LogP contribution in [-0.2, 0) is 22.5 Å². The van der Waals surface area contributed by atoms with Crippen LogP contribution >= 0.6 is 11.6 Å². The van der Waals surface area contributed by atoms with E-state index in [9.17, 15) is 4.79 Å². The molecule has 5 rings (SSSR count). The van der Waals surface area contributed by atoms with E-state index in [-0.39, 0.29) is 12.4 Å². The second-order valence-corrected chi connectivity index (χ2v) is 11.1. The number of halogens is 1. The van der Waals surface area contributed by atoms with Crippen LogP contribution < -0.4 is 14.4 Å². The molecule has 0 amide bonds. The number of hydrogen-bond donors (Lipinski definition) is 0. The van der Waals surface area contributed by atoms with Crippen LogP contribution in [0.15, 0.2) is 36.7 Å². The van der Waals surface area contributed by atoms with E-state index in [1.54, 1.807) is 19.5 Å². The number of carbonyl (C=O) groups is 1. The molecule has 0 bridgehead atoms. The lowest BCUT2D eigenvalue weighted by Gasteiger charge is -2.33. The Hall–Kier alpha value is -3.78. The third-order valence-corrected chi connectivity index (χ3v) is 7.23. The Balaban J connectivity index is 1.85. The Morgan fingerprint density at radius 2 is 1.79 bits per heavy atom. The van der Waals surface area contributed by atoms with Crippen LogP contribution in [0.5, 0.6) is 11.5 Å². The highest BCUT2D eigenvalue weighted by Crippen LogP contribution is 2.48. The average Bonchev–Trinajstić information content (AvgIpc) is 3.23. The molecular weight excluding hydrogens is 516 g/mol. The number of benzene rings is 2. The summed E-state index contributed by atoms with van der Waals surface area (Å²) in [5.74, 6) is 1.50. The number of aromatic nitrogens is 3. The molecule has 0 N–H and O–H groups in total. The number of ether oxygens (including phenoxy) is 3. The zero-order valence-corrected chi connectivity index (χ0v) is 24.1. The molecule has 8 nitrogen and oxygen atoms in total. The fourth-order valence-electron chi connectivity index (χ4n) is 5.34. The van der Waals surface area contributed by atoms with E-state index in [0.29, 0.717) is 29.0 Å². The third-order valence-electron chi connectivity index (χ3n) is 6.99. The summed E-state index contributed by atoms with van der Waals surface area (Å²) in [6.07, 6.45) is 3.43. The Morgan fingerprint density at radius 1 is 1.08 bits per heavy atom. The van der Waals surface area contributed by atoms with Crippen molar-refractivity contribution in [3.63, 3.8) is 0 Å². The molecule has 204 valence electrons. The van der Waals surface area contributed by atoms with E-state index in [4.69, 9.17) is 25.8 Å². The van der Waals surface area contributed by atoms with Gasteiger partial charge in [0.05, 0.1) is 44.2 Å². The van der Waals surface area contributed by atoms with Gasteiger partial charge in [0.15, 0.2) is 5.75 Å². The maximum absolute atomic E-state index is 12.8. The van der Waals surface area contributed by atoms with Crippen LogP contribution in [0.1, 0.15) is 37.6 Å². The molecule has 0 saturated carbocycles. The first-order valence-corrected chi connectivity index (χ1v) is 13.2. The lowest BCUT2D eigenvalue weighted by molar-refractivity contribution is -0.139. The first kappa shape index (κ1) is 26.8. The van der Waals surface area contributed by atoms with E-state index in [0.717, 1.165) is 51.1 Å². The highest BCUT2D eigenvalue weighted by atomic mass is 35.5. The monoisotopic (exact) mass is 548 g/mol. The molecular formula is C30H33ClN4O4. The highest BCUT2D eigenvalue weighted by molar-refractivity contribution is 6.31. The van der Waals surface area contributed by atoms with Gasteiger partial charge in [0.25, 0.3) is 0 Å². The van der Waals surface area contributed by atoms with E-state index >= 15 is 0 Å². The van der Waals surface area contributed by atoms with Gasteiger partial charge in [0, 0.05) is 34.8 Å². The van der Waals surface area contributed by atoms with Gasteiger partial charge >= 0.3 is 5.97 Å². The van der Waals surface area contributed by atoms with Gasteiger partial charge in [-0.3, -0.25) is 4.79 Å². The number of rotatable bonds is 6. The largest absolute Gasteiger partial charge is 0.494 e. The quantitative estimate of drug-likeness (QED) is 0.257. The Labute approximate surface area is 233 Å². The lowest BCUT2D eigenvalue weighted by atomic mass is 9.88. The summed E-state index contributed by atoms with van der Waals surface area (Å²) >= 11 is 6.44. The Kier molecular flexibility index (Phi) is 6.93. The first-order valence-electron chi connectivity index (χ1n) is 12.9. The summed E-state index contributed by atoms with van der Waals surface area (Å²) in [6.45, 7) is 11.6. The zero-order valence-electron chi connectivity index (χ0n) is 23.4. The van der Waals surface area contributed by atoms with Crippen molar-refractivity contribution in [3.05, 3.63) is 58.5 Å². The molecule has 0 unspecified atom stereocenters. The average molecular weight is 549 g/mol. The Bertz CT molecular complexity index is 1570. The smallest absolute Gasteiger partial charge is 0.310 e. The topological polar surface area (TPSA) is 78.7 Å². The van der Waals surface area contributed by atoms with Crippen molar-refractivity contribution < 1.29 is 19.0 Å². The van der Waals surface area contributed by atoms with Gasteiger partial charge in [-0.2, -0.15) is 0 Å². The van der Waals surface area contributed by atoms with Gasteiger partial charge < -0.3 is 23.7 Å². The summed E-state index contributed by atoms with van der Waals surface area (Å²) in [6, 6.07) is 7.85. The van der Waals surface area contributed by atoms with Gasteiger partial charge in [0.2, 0.25) is 5.95 Å². The molecule has 2 aromatic carbocycles. The summed E-state index contributed by atoms with van der Waals surface area (Å²) < 4.78 is 19.2. The Morgan fingerprint density at radius 3 is 2.44 bits per heavy atom. The normalized spacial score (nSPS) is 13.1. The summed E-state index contributed by atoms with van der Waals surface area (Å²) in [4.78, 5) is 24.1. The van der Waals surface area contributed by atoms with Gasteiger partial charge in [-0.1, -0.05) is 11.6 Å². The second-order valence-electron chi connectivity index (χ2n) is 10.7. The van der Waals surface area contributed by atoms with E-state index in [1.807, 2.05) is 45.9 Å². The number of anilines is 2. The minimum Gasteiger partial charge on any atom is -0.494 e. The summed E-state index contributed by atoms with van der Waals surface area (Å²) in [5.41, 5.74) is 6.35. The van der Waals surface area contributed by atoms with E-state index < -0.39 is 5.60 Å². The molecule has 39 heavy (non-hydrogen) atoms. The number of carbonyl (C=O) groups excluding carboxylic acids is 1. The number of aryl methyl sites for hydroxylation is 1. The van der Waals surface area contributed by atoms with Crippen molar-refractivity contribution in [3.8, 4) is 22.6 Å². The van der Waals surface area contributed by atoms with E-state index in [2.05, 4.69) is 32.4 Å². The maximum Gasteiger partial charge on any atom is 0.310 e. The van der Waals surface area contributed by atoms with Crippen molar-refractivity contribution in [1.82, 2.24) is 14.5 Å². The minimum atomic E-state index is -0.453. The standard InChI is InChI=1S/C30H33ClN4O4/c1-17-12-23-26(21-9-8-19(31)13-24(21)39-30(3,4)5)22(14-25(36)38-7)18(2)27-28(23)34(17)10-11-35(27)29-32-15-20(37-6)16-33-29/h8-9,12-13,15-16H,10-11,14H2,1-7H3. The minimum absolute atomic E-state index is 0.0970. The summed E-state index contributed by atoms with van der Waals surface area (Å²) in [7, 11) is 3.00. The lowest BCUT2D eigenvalue weighted by Crippen LogP contribution is -2.30. The van der Waals surface area contributed by atoms with Crippen LogP contribution in [0.25, 0.3) is 22.0 Å². The maximum atomic E-state index is 12.8. The van der Waals surface area contributed by atoms with Crippen molar-refractivity contribution in [2.24, 2.45) is 0 Å². The van der Waals surface area contributed by atoms with Crippen LogP contribution in [0.4, 0.5) is 11.6 Å². The number of methoxy groups -OCH3 is 2. The fourth-order valence-corrected chi connectivity index (χ4v) is 5.50. The number of esters is 1. The van der Waals surface area contributed by atoms with Crippen molar-refractivity contribution >= 4 is 40.1 Å². The number of nitrogens with zero attached hydrogens (tertiary/aromatic N) is 4. The van der Waals surface area contributed by atoms with Gasteiger partial charge in [-0.15, -0.1) is 0 Å². The van der Waals surface area contributed by atoms with Gasteiger partial charge in [-0.05, 0) is 75.6 Å². The zero-order chi connectivity index (χ0) is 28.1. The highest BCUT2D eigenvalue weighted by Gasteiger charge is 2.32. The molecule has 0 fully saturated rings. The third kappa shape index (κ3) is 4.89. The SMILES string of the molecule is COC(=O)Cc1c(C)c2c3c(cc(C)n3CCN2c2ncc(OC)cn2)c1-c1ccc(Cl)cc1OC(C)(C)C. The van der Waals surface area contributed by atoms with Crippen LogP contribution in [0.2, 0.25) is 5.02 Å². The molecule has 0 spiro atoms. The van der Waals surface area contributed by atoms with Crippen molar-refractivity contribution in [1.29, 1.82) is 0 Å². The molecule has 9 heteroatoms. The van der Waals surface area contributed by atoms with E-state index in [1.165, 1.54) is 7.11 Å². The van der Waals surface area contributed by atoms with Crippen LogP contribution in [0, 0.1) is 13.8 Å². The number of hydrogen-bond acceptors (Lipinski definition) is 7. The molecule has 1 aliphatic rings. The summed E-state index contributed by atoms with van der Waals surface area (Å²) in [5, 5.41) is 1.60. The second kappa shape index (κ2) is 10.1. The molecule has 0 radical (unpaired) electrons. The molecule has 1 aliphatic heterocycles. The molecule has 4 aromatic rings. The predicted molar refractivity (Wildman–Crippen MR) is 154 cm³/mol. The molecule has 3 heterocycles. The van der Waals surface area contributed by atoms with Gasteiger partial charge in [-0.25, -0.2) is 9.97 Å². The van der Waals surface area contributed by atoms with Crippen molar-refractivity contribution in [2.75, 3.05) is 25.7 Å². The van der Waals surface area contributed by atoms with Crippen molar-refractivity contribution in [2.45, 2.75) is 53.2 Å².